The van der Waals surface area contributed by atoms with Crippen LogP contribution < -0.4 is 39.9 Å². The molecule has 0 aliphatic rings. The second kappa shape index (κ2) is 35.3. The average molecular weight is 1210 g/mol. The third-order valence-corrected chi connectivity index (χ3v) is 10.8. The van der Waals surface area contributed by atoms with Crippen molar-refractivity contribution in [3.63, 3.8) is 0 Å². The molecule has 0 aliphatic heterocycles. The lowest BCUT2D eigenvalue weighted by molar-refractivity contribution is -0.144. The summed E-state index contributed by atoms with van der Waals surface area (Å²) >= 11 is 3.07. The predicted molar refractivity (Wildman–Crippen MR) is 292 cm³/mol. The number of pyridine rings is 2. The summed E-state index contributed by atoms with van der Waals surface area (Å²) in [6.07, 6.45) is 0. The minimum Gasteiger partial charge on any atom is -0.479 e. The number of Topliss-reactive ketones (excluding diaryl/α,β-unsaturated/α-hetero) is 3. The number of hydrogen-bond acceptors (Lipinski definition) is 25. The van der Waals surface area contributed by atoms with Crippen molar-refractivity contribution in [2.24, 2.45) is 0 Å². The molecule has 27 nitrogen and oxygen atoms in total. The Kier molecular flexibility index (Phi) is 28.7. The Balaban J connectivity index is 0.000000328. The van der Waals surface area contributed by atoms with Crippen LogP contribution in [-0.2, 0) is 60.8 Å². The molecule has 0 radical (unpaired) electrons. The highest BCUT2D eigenvalue weighted by Crippen LogP contribution is 2.31. The number of rotatable bonds is 30. The van der Waals surface area contributed by atoms with Crippen LogP contribution in [-0.4, -0.2) is 184 Å². The number of aromatic nitrogens is 2. The largest absolute Gasteiger partial charge is 0.479 e. The van der Waals surface area contributed by atoms with Crippen molar-refractivity contribution in [1.29, 1.82) is 0 Å². The molecule has 0 amide bonds. The SMILES string of the molecule is CN(CC(=O)c1ccc(OCC(=O)O)c(OCC(=O)O)c1)Cc1cccc(N)n1.COC(=O)COc1ccc(C(=O)CBr)cc1OCC(=O)OC.COC(=O)COc1ccc(C(=O)CN(C)Cc2cccc(N)n2)cc1OCC(=O)OC. The van der Waals surface area contributed by atoms with Crippen molar-refractivity contribution in [3.05, 3.63) is 119 Å². The van der Waals surface area contributed by atoms with Crippen LogP contribution in [0.5, 0.6) is 34.5 Å². The fourth-order valence-electron chi connectivity index (χ4n) is 6.39. The van der Waals surface area contributed by atoms with Gasteiger partial charge in [0.1, 0.15) is 11.6 Å². The number of nitrogens with zero attached hydrogens (tertiary/aromatic N) is 4. The molecule has 0 fully saturated rings. The first-order valence-corrected chi connectivity index (χ1v) is 25.1. The number of benzene rings is 3. The molecule has 82 heavy (non-hydrogen) atoms. The molecule has 2 heterocycles. The molecule has 6 N–H and O–H groups in total. The van der Waals surface area contributed by atoms with Gasteiger partial charge < -0.3 is 69.0 Å². The Bertz CT molecular complexity index is 3020. The van der Waals surface area contributed by atoms with Crippen LogP contribution in [0, 0.1) is 0 Å². The van der Waals surface area contributed by atoms with Gasteiger partial charge in [0.15, 0.2) is 91.5 Å². The number of alkyl halides is 1. The molecule has 28 heteroatoms. The molecule has 0 saturated carbocycles. The number of carbonyl (C=O) groups is 9. The Hall–Kier alpha value is -9.41. The Labute approximate surface area is 478 Å². The molecule has 0 spiro atoms. The van der Waals surface area contributed by atoms with Gasteiger partial charge in [-0.1, -0.05) is 28.1 Å². The number of hydrogen-bond donors (Lipinski definition) is 4. The molecule has 2 aromatic heterocycles. The topological polar surface area (TPSA) is 371 Å². The zero-order valence-electron chi connectivity index (χ0n) is 45.4. The minimum atomic E-state index is -1.22. The second-order valence-corrected chi connectivity index (χ2v) is 17.2. The van der Waals surface area contributed by atoms with Crippen molar-refractivity contribution in [1.82, 2.24) is 19.8 Å². The monoisotopic (exact) mass is 1210 g/mol. The molecule has 3 aromatic carbocycles. The first-order valence-electron chi connectivity index (χ1n) is 23.9. The van der Waals surface area contributed by atoms with E-state index in [1.807, 2.05) is 6.07 Å². The zero-order chi connectivity index (χ0) is 60.7. The first-order chi connectivity index (χ1) is 39.1. The fourth-order valence-corrected chi connectivity index (χ4v) is 6.71. The van der Waals surface area contributed by atoms with Crippen molar-refractivity contribution in [2.45, 2.75) is 13.1 Å². The number of halogens is 1. The highest BCUT2D eigenvalue weighted by molar-refractivity contribution is 9.09. The van der Waals surface area contributed by atoms with Gasteiger partial charge in [0, 0.05) is 29.8 Å². The van der Waals surface area contributed by atoms with Gasteiger partial charge in [0.2, 0.25) is 0 Å². The van der Waals surface area contributed by atoms with Crippen molar-refractivity contribution >= 4 is 80.7 Å². The van der Waals surface area contributed by atoms with Crippen LogP contribution in [0.1, 0.15) is 42.5 Å². The Morgan fingerprint density at radius 3 is 1.02 bits per heavy atom. The van der Waals surface area contributed by atoms with E-state index in [2.05, 4.69) is 44.8 Å². The molecule has 0 aliphatic carbocycles. The second-order valence-electron chi connectivity index (χ2n) is 16.7. The lowest BCUT2D eigenvalue weighted by Crippen LogP contribution is -2.26. The number of carboxylic acids is 2. The van der Waals surface area contributed by atoms with Gasteiger partial charge in [-0.3, -0.25) is 24.2 Å². The molecule has 0 bridgehead atoms. The lowest BCUT2D eigenvalue weighted by Gasteiger charge is -2.17. The van der Waals surface area contributed by atoms with Crippen molar-refractivity contribution < 1.29 is 101 Å². The van der Waals surface area contributed by atoms with Gasteiger partial charge in [-0.2, -0.15) is 0 Å². The number of esters is 4. The molecule has 5 aromatic rings. The van der Waals surface area contributed by atoms with E-state index in [4.69, 9.17) is 50.1 Å². The van der Waals surface area contributed by atoms with Gasteiger partial charge in [-0.05, 0) is 93.0 Å². The van der Waals surface area contributed by atoms with E-state index in [0.717, 1.165) is 5.69 Å². The summed E-state index contributed by atoms with van der Waals surface area (Å²) in [6.45, 7) is -1.71. The summed E-state index contributed by atoms with van der Waals surface area (Å²) < 4.78 is 49.5. The van der Waals surface area contributed by atoms with E-state index in [1.54, 1.807) is 60.3 Å². The molecule has 0 atom stereocenters. The van der Waals surface area contributed by atoms with Gasteiger partial charge in [-0.15, -0.1) is 0 Å². The third-order valence-electron chi connectivity index (χ3n) is 10.3. The highest BCUT2D eigenvalue weighted by atomic mass is 79.9. The van der Waals surface area contributed by atoms with E-state index >= 15 is 0 Å². The number of nitrogen functional groups attached to an aromatic ring is 2. The quantitative estimate of drug-likeness (QED) is 0.0222. The number of nitrogens with two attached hydrogens (primary N) is 2. The minimum absolute atomic E-state index is 0.0281. The van der Waals surface area contributed by atoms with Crippen LogP contribution in [0.2, 0.25) is 0 Å². The molecule has 440 valence electrons. The van der Waals surface area contributed by atoms with Gasteiger partial charge in [-0.25, -0.2) is 38.7 Å². The van der Waals surface area contributed by atoms with E-state index < -0.39 is 49.0 Å². The molecular formula is C54H61BrN6O21. The number of aliphatic carboxylic acids is 2. The average Bonchev–Trinajstić information content (AvgIpc) is 3.53. The fraction of sp³-hybridized carbons (Fsp3) is 0.315. The zero-order valence-corrected chi connectivity index (χ0v) is 47.0. The molecular weight excluding hydrogens is 1150 g/mol. The Morgan fingerprint density at radius 2 is 0.732 bits per heavy atom. The lowest BCUT2D eigenvalue weighted by atomic mass is 10.1. The maximum atomic E-state index is 12.7. The number of carbonyl (C=O) groups excluding carboxylic acids is 7. The number of likely N-dealkylation sites (N-methyl/N-ethyl adjacent to an activating group) is 2. The van der Waals surface area contributed by atoms with E-state index in [0.29, 0.717) is 41.5 Å². The summed E-state index contributed by atoms with van der Waals surface area (Å²) in [5.41, 5.74) is 13.8. The number of methoxy groups -OCH3 is 4. The van der Waals surface area contributed by atoms with Crippen LogP contribution in [0.15, 0.2) is 91.0 Å². The normalized spacial score (nSPS) is 10.3. The van der Waals surface area contributed by atoms with Crippen molar-refractivity contribution in [2.75, 3.05) is 112 Å². The Morgan fingerprint density at radius 1 is 0.439 bits per heavy atom. The van der Waals surface area contributed by atoms with Gasteiger partial charge >= 0.3 is 35.8 Å². The summed E-state index contributed by atoms with van der Waals surface area (Å²) in [4.78, 5) is 115. The van der Waals surface area contributed by atoms with Gasteiger partial charge in [0.25, 0.3) is 0 Å². The van der Waals surface area contributed by atoms with Crippen molar-refractivity contribution in [3.8, 4) is 34.5 Å². The van der Waals surface area contributed by atoms with Crippen LogP contribution in [0.25, 0.3) is 0 Å². The maximum absolute atomic E-state index is 12.7. The summed E-state index contributed by atoms with van der Waals surface area (Å²) in [7, 11) is 8.45. The van der Waals surface area contributed by atoms with E-state index in [1.165, 1.54) is 77.0 Å². The molecule has 0 unspecified atom stereocenters. The first kappa shape index (κ1) is 66.9. The number of ketones is 3. The number of ether oxygens (including phenoxy) is 10. The third kappa shape index (κ3) is 24.7. The number of carboxylic acid groups (broad SMARTS) is 2. The van der Waals surface area contributed by atoms with E-state index in [9.17, 15) is 43.2 Å². The van der Waals surface area contributed by atoms with Gasteiger partial charge in [0.05, 0.1) is 58.2 Å². The number of anilines is 2. The predicted octanol–water partition coefficient (Wildman–Crippen LogP) is 3.36. The standard InChI is InChI=1S/C21H25N3O7.C19H21N3O7.C14H15BrO7/c1-24(10-15-5-4-6-19(22)23-15)11-16(25)14-7-8-17(30-12-20(26)28-2)18(9-14)31-13-21(27)29-3;1-22(8-13-3-2-4-17(20)21-13)9-14(23)12-5-6-15(28-10-18(24)25)16(7-12)29-11-19(26)27;1-19-13(17)7-21-11-4-3-9(10(16)6-15)5-12(11)22-8-14(18)20-2/h4-9H,10-13H2,1-3H3,(H2,22,23);2-7H,8-11H2,1H3,(H2,20,21)(H,24,25)(H,26,27);3-5H,6-8H2,1-2H3. The van der Waals surface area contributed by atoms with Crippen LogP contribution in [0.3, 0.4) is 0 Å². The highest BCUT2D eigenvalue weighted by Gasteiger charge is 2.19. The molecule has 0 saturated heterocycles. The summed E-state index contributed by atoms with van der Waals surface area (Å²) in [5.74, 6) is -3.90. The summed E-state index contributed by atoms with van der Waals surface area (Å²) in [6, 6.07) is 23.6. The van der Waals surface area contributed by atoms with Crippen LogP contribution >= 0.6 is 15.9 Å². The summed E-state index contributed by atoms with van der Waals surface area (Å²) in [5, 5.41) is 17.7. The van der Waals surface area contributed by atoms with E-state index in [-0.39, 0.29) is 102 Å². The van der Waals surface area contributed by atoms with Crippen LogP contribution in [0.4, 0.5) is 11.6 Å². The smallest absolute Gasteiger partial charge is 0.343 e. The molecule has 5 rings (SSSR count). The maximum Gasteiger partial charge on any atom is 0.343 e.